The Labute approximate surface area is 204 Å². The van der Waals surface area contributed by atoms with Crippen LogP contribution in [0.3, 0.4) is 0 Å². The minimum Gasteiger partial charge on any atom is -0.324 e. The summed E-state index contributed by atoms with van der Waals surface area (Å²) < 4.78 is 40.3. The summed E-state index contributed by atoms with van der Waals surface area (Å²) in [4.78, 5) is 30.7. The van der Waals surface area contributed by atoms with Crippen LogP contribution in [0.25, 0.3) is 5.69 Å². The number of fused-ring (bicyclic) bond motifs is 1. The van der Waals surface area contributed by atoms with Crippen molar-refractivity contribution in [3.05, 3.63) is 74.1 Å². The number of alkyl halides is 3. The first kappa shape index (κ1) is 24.0. The first-order valence-electron chi connectivity index (χ1n) is 9.47. The molecule has 3 aromatic rings. The molecule has 0 radical (unpaired) electrons. The summed E-state index contributed by atoms with van der Waals surface area (Å²) in [6, 6.07) is 9.31. The van der Waals surface area contributed by atoms with E-state index in [9.17, 15) is 22.8 Å². The number of carbonyl (C=O) groups is 1. The fourth-order valence-electron chi connectivity index (χ4n) is 3.12. The van der Waals surface area contributed by atoms with Gasteiger partial charge in [-0.25, -0.2) is 4.98 Å². The molecule has 0 aliphatic carbocycles. The van der Waals surface area contributed by atoms with Gasteiger partial charge >= 0.3 is 6.18 Å². The minimum absolute atomic E-state index is 0.0212. The highest BCUT2D eigenvalue weighted by Crippen LogP contribution is 2.34. The smallest absolute Gasteiger partial charge is 0.324 e. The summed E-state index contributed by atoms with van der Waals surface area (Å²) in [7, 11) is 0. The topological polar surface area (TPSA) is 64.0 Å². The molecule has 0 saturated heterocycles. The van der Waals surface area contributed by atoms with E-state index in [1.54, 1.807) is 24.3 Å². The van der Waals surface area contributed by atoms with E-state index < -0.39 is 17.6 Å². The lowest BCUT2D eigenvalue weighted by molar-refractivity contribution is -0.137. The van der Waals surface area contributed by atoms with Crippen molar-refractivity contribution in [1.82, 2.24) is 9.55 Å². The molecule has 0 unspecified atom stereocenters. The molecule has 0 spiro atoms. The van der Waals surface area contributed by atoms with Gasteiger partial charge in [0.05, 0.1) is 38.3 Å². The van der Waals surface area contributed by atoms with Crippen LogP contribution in [-0.2, 0) is 17.4 Å². The zero-order valence-corrected chi connectivity index (χ0v) is 19.7. The Morgan fingerprint density at radius 2 is 1.91 bits per heavy atom. The van der Waals surface area contributed by atoms with Crippen molar-refractivity contribution in [2.45, 2.75) is 22.6 Å². The Hall–Kier alpha value is -2.14. The summed E-state index contributed by atoms with van der Waals surface area (Å²) >= 11 is 14.3. The number of aryl methyl sites for hydroxylation is 1. The number of halogens is 5. The van der Waals surface area contributed by atoms with Gasteiger partial charge in [-0.15, -0.1) is 11.8 Å². The molecule has 12 heteroatoms. The third-order valence-corrected chi connectivity index (χ3v) is 7.28. The average molecular weight is 532 g/mol. The van der Waals surface area contributed by atoms with E-state index in [2.05, 4.69) is 10.3 Å². The number of amides is 1. The van der Waals surface area contributed by atoms with Gasteiger partial charge in [-0.05, 0) is 42.5 Å². The molecule has 2 heterocycles. The van der Waals surface area contributed by atoms with Crippen molar-refractivity contribution in [2.24, 2.45) is 0 Å². The molecule has 0 saturated carbocycles. The van der Waals surface area contributed by atoms with Crippen LogP contribution < -0.4 is 10.9 Å². The lowest BCUT2D eigenvalue weighted by Crippen LogP contribution is -2.24. The number of hydrogen-bond acceptors (Lipinski definition) is 5. The van der Waals surface area contributed by atoms with Gasteiger partial charge < -0.3 is 5.32 Å². The van der Waals surface area contributed by atoms with E-state index in [1.165, 1.54) is 16.3 Å². The highest BCUT2D eigenvalue weighted by Gasteiger charge is 2.31. The van der Waals surface area contributed by atoms with Gasteiger partial charge in [-0.3, -0.25) is 14.2 Å². The number of thioether (sulfide) groups is 2. The van der Waals surface area contributed by atoms with Crippen molar-refractivity contribution in [1.29, 1.82) is 0 Å². The van der Waals surface area contributed by atoms with E-state index in [0.29, 0.717) is 32.9 Å². The van der Waals surface area contributed by atoms with Crippen LogP contribution >= 0.6 is 46.7 Å². The Kier molecular flexibility index (Phi) is 6.99. The van der Waals surface area contributed by atoms with Gasteiger partial charge in [-0.2, -0.15) is 13.2 Å². The van der Waals surface area contributed by atoms with Gasteiger partial charge in [0.1, 0.15) is 0 Å². The molecule has 2 aromatic carbocycles. The number of hydrogen-bond donors (Lipinski definition) is 1. The van der Waals surface area contributed by atoms with Crippen LogP contribution in [0, 0.1) is 0 Å². The number of anilines is 1. The molecule has 5 nitrogen and oxygen atoms in total. The van der Waals surface area contributed by atoms with Crippen LogP contribution in [-0.4, -0.2) is 27.0 Å². The molecule has 1 aliphatic rings. The maximum absolute atomic E-state index is 13.1. The Morgan fingerprint density at radius 1 is 1.18 bits per heavy atom. The lowest BCUT2D eigenvalue weighted by atomic mass is 10.2. The summed E-state index contributed by atoms with van der Waals surface area (Å²) in [5.41, 5.74) is -0.113. The Balaban J connectivity index is 1.59. The average Bonchev–Trinajstić information content (AvgIpc) is 3.23. The Morgan fingerprint density at radius 3 is 2.61 bits per heavy atom. The van der Waals surface area contributed by atoms with Gasteiger partial charge in [0, 0.05) is 17.2 Å². The molecule has 1 amide bonds. The van der Waals surface area contributed by atoms with Crippen molar-refractivity contribution in [3.8, 4) is 5.69 Å². The number of benzene rings is 2. The van der Waals surface area contributed by atoms with Gasteiger partial charge in [0.15, 0.2) is 5.16 Å². The van der Waals surface area contributed by atoms with E-state index in [0.717, 1.165) is 35.7 Å². The number of rotatable bonds is 5. The van der Waals surface area contributed by atoms with Crippen LogP contribution in [0.5, 0.6) is 0 Å². The lowest BCUT2D eigenvalue weighted by Gasteiger charge is -2.14. The number of nitrogens with zero attached hydrogens (tertiary/aromatic N) is 2. The fourth-order valence-corrected chi connectivity index (χ4v) is 5.26. The van der Waals surface area contributed by atoms with Gasteiger partial charge in [0.25, 0.3) is 5.56 Å². The summed E-state index contributed by atoms with van der Waals surface area (Å²) in [5, 5.41) is 3.18. The van der Waals surface area contributed by atoms with Crippen molar-refractivity contribution in [3.63, 3.8) is 0 Å². The number of nitrogens with one attached hydrogen (secondary N) is 1. The molecule has 172 valence electrons. The second-order valence-corrected chi connectivity index (χ2v) is 9.81. The van der Waals surface area contributed by atoms with Crippen molar-refractivity contribution < 1.29 is 18.0 Å². The van der Waals surface area contributed by atoms with Crippen molar-refractivity contribution in [2.75, 3.05) is 16.8 Å². The maximum Gasteiger partial charge on any atom is 0.416 e. The SMILES string of the molecule is O=C(CSc1nc2c(c(=O)n1-c1ccc(Cl)cc1)SCC2)Nc1cc(C(F)(F)F)ccc1Cl. The second kappa shape index (κ2) is 9.61. The maximum atomic E-state index is 13.1. The Bertz CT molecular complexity index is 1280. The molecule has 1 N–H and O–H groups in total. The van der Waals surface area contributed by atoms with E-state index in [-0.39, 0.29) is 22.0 Å². The first-order valence-corrected chi connectivity index (χ1v) is 12.2. The monoisotopic (exact) mass is 531 g/mol. The van der Waals surface area contributed by atoms with E-state index in [1.807, 2.05) is 0 Å². The molecule has 4 rings (SSSR count). The largest absolute Gasteiger partial charge is 0.416 e. The third kappa shape index (κ3) is 5.34. The third-order valence-electron chi connectivity index (χ3n) is 4.65. The molecule has 1 aromatic heterocycles. The fraction of sp³-hybridized carbons (Fsp3) is 0.190. The summed E-state index contributed by atoms with van der Waals surface area (Å²) in [6.07, 6.45) is -3.93. The molecule has 0 bridgehead atoms. The zero-order valence-electron chi connectivity index (χ0n) is 16.6. The second-order valence-electron chi connectivity index (χ2n) is 6.91. The number of aromatic nitrogens is 2. The summed E-state index contributed by atoms with van der Waals surface area (Å²) in [5.74, 6) is -0.0488. The predicted molar refractivity (Wildman–Crippen MR) is 125 cm³/mol. The van der Waals surface area contributed by atoms with Crippen molar-refractivity contribution >= 4 is 58.3 Å². The molecule has 0 fully saturated rings. The number of carbonyl (C=O) groups excluding carboxylic acids is 1. The zero-order chi connectivity index (χ0) is 23.8. The van der Waals surface area contributed by atoms with Crippen LogP contribution in [0.15, 0.2) is 57.3 Å². The predicted octanol–water partition coefficient (Wildman–Crippen LogP) is 5.94. The quantitative estimate of drug-likeness (QED) is 0.326. The van der Waals surface area contributed by atoms with Gasteiger partial charge in [0.2, 0.25) is 5.91 Å². The van der Waals surface area contributed by atoms with E-state index in [4.69, 9.17) is 23.2 Å². The first-order chi connectivity index (χ1) is 15.6. The van der Waals surface area contributed by atoms with Crippen LogP contribution in [0.1, 0.15) is 11.3 Å². The highest BCUT2D eigenvalue weighted by atomic mass is 35.5. The summed E-state index contributed by atoms with van der Waals surface area (Å²) in [6.45, 7) is 0. The normalized spacial score (nSPS) is 13.1. The molecule has 33 heavy (non-hydrogen) atoms. The van der Waals surface area contributed by atoms with E-state index >= 15 is 0 Å². The molecule has 0 atom stereocenters. The standard InChI is InChI=1S/C21H14Cl2F3N3O2S2/c22-12-2-4-13(5-3-12)29-19(31)18-15(7-8-32-18)28-20(29)33-10-17(30)27-16-9-11(21(24,25)26)1-6-14(16)23/h1-6,9H,7-8,10H2,(H,27,30). The van der Waals surface area contributed by atoms with Crippen LogP contribution in [0.4, 0.5) is 18.9 Å². The molecular weight excluding hydrogens is 518 g/mol. The minimum atomic E-state index is -4.57. The highest BCUT2D eigenvalue weighted by molar-refractivity contribution is 8.00. The molecular formula is C21H14Cl2F3N3O2S2. The van der Waals surface area contributed by atoms with Crippen LogP contribution in [0.2, 0.25) is 10.0 Å². The molecule has 1 aliphatic heterocycles. The van der Waals surface area contributed by atoms with Gasteiger partial charge in [-0.1, -0.05) is 35.0 Å².